The zero-order valence-corrected chi connectivity index (χ0v) is 18.2. The lowest BCUT2D eigenvalue weighted by molar-refractivity contribution is 0.0747. The number of likely N-dealkylation sites (N-methyl/N-ethyl adjacent to an activating group) is 1. The van der Waals surface area contributed by atoms with Crippen molar-refractivity contribution in [3.8, 4) is 34.4 Å². The van der Waals surface area contributed by atoms with Crippen molar-refractivity contribution in [2.45, 2.75) is 6.42 Å². The predicted octanol–water partition coefficient (Wildman–Crippen LogP) is 3.09. The lowest BCUT2D eigenvalue weighted by atomic mass is 10.1. The first-order valence-electron chi connectivity index (χ1n) is 9.53. The summed E-state index contributed by atoms with van der Waals surface area (Å²) in [6.45, 7) is 0.461. The summed E-state index contributed by atoms with van der Waals surface area (Å²) in [5.74, 6) is 2.26. The number of hydrogen-bond acceptors (Lipinski definition) is 8. The zero-order valence-electron chi connectivity index (χ0n) is 18.2. The zero-order chi connectivity index (χ0) is 22.4. The molecule has 0 spiro atoms. The summed E-state index contributed by atoms with van der Waals surface area (Å²) in [6.07, 6.45) is 0.624. The van der Waals surface area contributed by atoms with Crippen molar-refractivity contribution in [3.63, 3.8) is 0 Å². The molecule has 0 aliphatic rings. The van der Waals surface area contributed by atoms with E-state index < -0.39 is 0 Å². The molecule has 9 nitrogen and oxygen atoms in total. The molecule has 9 heteroatoms. The maximum absolute atomic E-state index is 12.7. The number of ether oxygens (including phenoxy) is 4. The molecule has 0 fully saturated rings. The lowest BCUT2D eigenvalue weighted by Gasteiger charge is -2.15. The first-order chi connectivity index (χ1) is 15.0. The summed E-state index contributed by atoms with van der Waals surface area (Å²) in [4.78, 5) is 18.5. The Labute approximate surface area is 180 Å². The molecule has 0 saturated heterocycles. The third-order valence-corrected chi connectivity index (χ3v) is 4.78. The van der Waals surface area contributed by atoms with Crippen LogP contribution in [0.2, 0.25) is 0 Å². The van der Waals surface area contributed by atoms with Gasteiger partial charge in [0, 0.05) is 19.2 Å². The number of nitrogens with zero attached hydrogens (tertiary/aromatic N) is 3. The van der Waals surface area contributed by atoms with E-state index in [-0.39, 0.29) is 17.6 Å². The second-order valence-electron chi connectivity index (χ2n) is 6.66. The summed E-state index contributed by atoms with van der Waals surface area (Å²) in [7, 11) is 7.96. The van der Waals surface area contributed by atoms with Crippen LogP contribution in [0.25, 0.3) is 11.4 Å². The number of hydrogen-bond donors (Lipinski definition) is 0. The maximum Gasteiger partial charge on any atom is 0.316 e. The van der Waals surface area contributed by atoms with Gasteiger partial charge in [-0.2, -0.15) is 4.98 Å². The van der Waals surface area contributed by atoms with Crippen molar-refractivity contribution in [1.82, 2.24) is 15.0 Å². The SMILES string of the molecule is COc1ccc(CCN(C)C(=O)c2nc(-c3ccc(OC)c(OC)c3)no2)cc1OC. The molecule has 1 aromatic heterocycles. The molecular formula is C22H25N3O6. The Morgan fingerprint density at radius 1 is 0.903 bits per heavy atom. The molecule has 0 atom stereocenters. The van der Waals surface area contributed by atoms with Gasteiger partial charge in [0.05, 0.1) is 28.4 Å². The van der Waals surface area contributed by atoms with E-state index in [0.717, 1.165) is 5.56 Å². The first kappa shape index (κ1) is 21.9. The van der Waals surface area contributed by atoms with Crippen LogP contribution in [-0.2, 0) is 6.42 Å². The molecule has 0 saturated carbocycles. The van der Waals surface area contributed by atoms with E-state index in [2.05, 4.69) is 10.1 Å². The maximum atomic E-state index is 12.7. The molecular weight excluding hydrogens is 402 g/mol. The van der Waals surface area contributed by atoms with Crippen molar-refractivity contribution in [2.75, 3.05) is 42.0 Å². The van der Waals surface area contributed by atoms with Crippen molar-refractivity contribution in [3.05, 3.63) is 47.9 Å². The van der Waals surface area contributed by atoms with Crippen molar-refractivity contribution >= 4 is 5.91 Å². The lowest BCUT2D eigenvalue weighted by Crippen LogP contribution is -2.29. The molecule has 2 aromatic carbocycles. The van der Waals surface area contributed by atoms with Gasteiger partial charge in [-0.15, -0.1) is 0 Å². The minimum Gasteiger partial charge on any atom is -0.493 e. The van der Waals surface area contributed by atoms with Gasteiger partial charge in [0.15, 0.2) is 23.0 Å². The smallest absolute Gasteiger partial charge is 0.316 e. The van der Waals surface area contributed by atoms with Crippen LogP contribution in [0.4, 0.5) is 0 Å². The van der Waals surface area contributed by atoms with Crippen LogP contribution in [0.1, 0.15) is 16.2 Å². The van der Waals surface area contributed by atoms with Crippen LogP contribution in [0, 0.1) is 0 Å². The number of carbonyl (C=O) groups excluding carboxylic acids is 1. The quantitative estimate of drug-likeness (QED) is 0.514. The summed E-state index contributed by atoms with van der Waals surface area (Å²) < 4.78 is 26.3. The fourth-order valence-electron chi connectivity index (χ4n) is 3.00. The Morgan fingerprint density at radius 2 is 1.52 bits per heavy atom. The van der Waals surface area contributed by atoms with Gasteiger partial charge in [0.1, 0.15) is 0 Å². The molecule has 164 valence electrons. The van der Waals surface area contributed by atoms with Gasteiger partial charge >= 0.3 is 11.8 Å². The molecule has 0 aliphatic carbocycles. The molecule has 31 heavy (non-hydrogen) atoms. The van der Waals surface area contributed by atoms with Gasteiger partial charge in [-0.05, 0) is 42.3 Å². The standard InChI is InChI=1S/C22H25N3O6/c1-25(11-10-14-6-8-16(27-2)18(12-14)29-4)22(26)21-23-20(24-31-21)15-7-9-17(28-3)19(13-15)30-5/h6-9,12-13H,10-11H2,1-5H3. The van der Waals surface area contributed by atoms with Crippen molar-refractivity contribution < 1.29 is 28.3 Å². The molecule has 3 rings (SSSR count). The van der Waals surface area contributed by atoms with E-state index in [1.807, 2.05) is 18.2 Å². The highest BCUT2D eigenvalue weighted by molar-refractivity contribution is 5.89. The number of benzene rings is 2. The van der Waals surface area contributed by atoms with Gasteiger partial charge in [-0.3, -0.25) is 4.79 Å². The second kappa shape index (κ2) is 9.84. The monoisotopic (exact) mass is 427 g/mol. The fraction of sp³-hybridized carbons (Fsp3) is 0.318. The number of aromatic nitrogens is 2. The molecule has 1 amide bonds. The molecule has 0 unspecified atom stereocenters. The van der Waals surface area contributed by atoms with Crippen LogP contribution in [0.5, 0.6) is 23.0 Å². The first-order valence-corrected chi connectivity index (χ1v) is 9.53. The number of carbonyl (C=O) groups is 1. The van der Waals surface area contributed by atoms with E-state index in [1.165, 1.54) is 4.90 Å². The largest absolute Gasteiger partial charge is 0.493 e. The van der Waals surface area contributed by atoms with E-state index in [9.17, 15) is 4.79 Å². The number of amides is 1. The van der Waals surface area contributed by atoms with Gasteiger partial charge in [-0.1, -0.05) is 11.2 Å². The molecule has 0 radical (unpaired) electrons. The van der Waals surface area contributed by atoms with Crippen LogP contribution in [-0.4, -0.2) is 63.0 Å². The summed E-state index contributed by atoms with van der Waals surface area (Å²) >= 11 is 0. The summed E-state index contributed by atoms with van der Waals surface area (Å²) in [5.41, 5.74) is 1.65. The fourth-order valence-corrected chi connectivity index (χ4v) is 3.00. The average molecular weight is 427 g/mol. The normalized spacial score (nSPS) is 10.5. The molecule has 0 aliphatic heterocycles. The van der Waals surface area contributed by atoms with E-state index in [4.69, 9.17) is 23.5 Å². The van der Waals surface area contributed by atoms with Crippen molar-refractivity contribution in [1.29, 1.82) is 0 Å². The van der Waals surface area contributed by atoms with Gasteiger partial charge in [-0.25, -0.2) is 0 Å². The summed E-state index contributed by atoms with van der Waals surface area (Å²) in [5, 5.41) is 3.92. The third-order valence-electron chi connectivity index (χ3n) is 4.78. The Bertz CT molecular complexity index is 1050. The highest BCUT2D eigenvalue weighted by Gasteiger charge is 2.21. The Balaban J connectivity index is 1.68. The Morgan fingerprint density at radius 3 is 2.16 bits per heavy atom. The van der Waals surface area contributed by atoms with Gasteiger partial charge in [0.2, 0.25) is 5.82 Å². The average Bonchev–Trinajstić information content (AvgIpc) is 3.31. The molecule has 0 N–H and O–H groups in total. The van der Waals surface area contributed by atoms with E-state index in [0.29, 0.717) is 41.5 Å². The molecule has 0 bridgehead atoms. The highest BCUT2D eigenvalue weighted by Crippen LogP contribution is 2.31. The van der Waals surface area contributed by atoms with Gasteiger partial charge in [0.25, 0.3) is 0 Å². The van der Waals surface area contributed by atoms with Crippen molar-refractivity contribution in [2.24, 2.45) is 0 Å². The highest BCUT2D eigenvalue weighted by atomic mass is 16.5. The topological polar surface area (TPSA) is 96.2 Å². The Kier molecular flexibility index (Phi) is 6.96. The van der Waals surface area contributed by atoms with E-state index >= 15 is 0 Å². The minimum absolute atomic E-state index is 0.0837. The second-order valence-corrected chi connectivity index (χ2v) is 6.66. The minimum atomic E-state index is -0.361. The summed E-state index contributed by atoms with van der Waals surface area (Å²) in [6, 6.07) is 10.9. The van der Waals surface area contributed by atoms with Crippen LogP contribution >= 0.6 is 0 Å². The van der Waals surface area contributed by atoms with Crippen LogP contribution in [0.3, 0.4) is 0 Å². The van der Waals surface area contributed by atoms with Gasteiger partial charge < -0.3 is 28.4 Å². The van der Waals surface area contributed by atoms with Crippen LogP contribution in [0.15, 0.2) is 40.9 Å². The predicted molar refractivity (Wildman–Crippen MR) is 113 cm³/mol. The molecule has 1 heterocycles. The van der Waals surface area contributed by atoms with E-state index in [1.54, 1.807) is 53.7 Å². The number of rotatable bonds is 9. The number of methoxy groups -OCH3 is 4. The third kappa shape index (κ3) is 4.88. The van der Waals surface area contributed by atoms with Crippen LogP contribution < -0.4 is 18.9 Å². The molecule has 3 aromatic rings. The Hall–Kier alpha value is -3.75.